The lowest BCUT2D eigenvalue weighted by Crippen LogP contribution is -2.02. The Morgan fingerprint density at radius 2 is 1.76 bits per heavy atom. The van der Waals surface area contributed by atoms with E-state index in [9.17, 15) is 4.79 Å². The number of aromatic nitrogens is 1. The third-order valence-corrected chi connectivity index (χ3v) is 3.38. The van der Waals surface area contributed by atoms with E-state index in [1.165, 1.54) is 0 Å². The van der Waals surface area contributed by atoms with Gasteiger partial charge in [0.15, 0.2) is 5.78 Å². The maximum absolute atomic E-state index is 12.1. The van der Waals surface area contributed by atoms with Gasteiger partial charge in [0, 0.05) is 22.2 Å². The molecule has 0 spiro atoms. The molecule has 3 rings (SSSR count). The maximum Gasteiger partial charge on any atom is 0.170 e. The van der Waals surface area contributed by atoms with Gasteiger partial charge in [-0.15, -0.1) is 0 Å². The number of rotatable bonds is 4. The molecule has 0 bridgehead atoms. The van der Waals surface area contributed by atoms with Crippen LogP contribution in [-0.2, 0) is 6.42 Å². The van der Waals surface area contributed by atoms with Crippen molar-refractivity contribution in [2.75, 3.05) is 0 Å². The van der Waals surface area contributed by atoms with Gasteiger partial charge in [0.2, 0.25) is 0 Å². The lowest BCUT2D eigenvalue weighted by Gasteiger charge is -1.96. The molecule has 0 amide bonds. The zero-order chi connectivity index (χ0) is 14.7. The van der Waals surface area contributed by atoms with Crippen LogP contribution in [0, 0.1) is 0 Å². The van der Waals surface area contributed by atoms with E-state index in [4.69, 9.17) is 16.1 Å². The monoisotopic (exact) mass is 297 g/mol. The highest BCUT2D eigenvalue weighted by Gasteiger charge is 2.12. The molecule has 0 fully saturated rings. The SMILES string of the molecule is O=C(Cc1cc(-c2ccc(Cl)cc2)no1)c1ccccc1. The zero-order valence-electron chi connectivity index (χ0n) is 11.1. The summed E-state index contributed by atoms with van der Waals surface area (Å²) in [4.78, 5) is 12.1. The van der Waals surface area contributed by atoms with Gasteiger partial charge in [0.25, 0.3) is 0 Å². The predicted molar refractivity (Wildman–Crippen MR) is 81.4 cm³/mol. The highest BCUT2D eigenvalue weighted by Crippen LogP contribution is 2.21. The summed E-state index contributed by atoms with van der Waals surface area (Å²) in [7, 11) is 0. The Kier molecular flexibility index (Phi) is 3.84. The molecule has 0 aliphatic heterocycles. The van der Waals surface area contributed by atoms with Crippen LogP contribution in [0.25, 0.3) is 11.3 Å². The van der Waals surface area contributed by atoms with Gasteiger partial charge in [-0.25, -0.2) is 0 Å². The predicted octanol–water partition coefficient (Wildman–Crippen LogP) is 4.42. The van der Waals surface area contributed by atoms with Gasteiger partial charge in [0.05, 0.1) is 6.42 Å². The molecule has 3 aromatic rings. The van der Waals surface area contributed by atoms with Crippen LogP contribution >= 0.6 is 11.6 Å². The first-order valence-electron chi connectivity index (χ1n) is 6.52. The molecule has 2 aromatic carbocycles. The summed E-state index contributed by atoms with van der Waals surface area (Å²) in [6.45, 7) is 0. The quantitative estimate of drug-likeness (QED) is 0.669. The topological polar surface area (TPSA) is 43.1 Å². The van der Waals surface area contributed by atoms with Crippen molar-refractivity contribution >= 4 is 17.4 Å². The molecule has 0 radical (unpaired) electrons. The summed E-state index contributed by atoms with van der Waals surface area (Å²) in [5.41, 5.74) is 2.27. The number of hydrogen-bond acceptors (Lipinski definition) is 3. The van der Waals surface area contributed by atoms with E-state index in [2.05, 4.69) is 5.16 Å². The van der Waals surface area contributed by atoms with Gasteiger partial charge < -0.3 is 4.52 Å². The zero-order valence-corrected chi connectivity index (χ0v) is 11.9. The Bertz CT molecular complexity index is 748. The smallest absolute Gasteiger partial charge is 0.170 e. The van der Waals surface area contributed by atoms with Crippen molar-refractivity contribution in [1.29, 1.82) is 0 Å². The Morgan fingerprint density at radius 1 is 1.05 bits per heavy atom. The van der Waals surface area contributed by atoms with Crippen LogP contribution in [0.15, 0.2) is 65.2 Å². The average molecular weight is 298 g/mol. The van der Waals surface area contributed by atoms with Crippen molar-refractivity contribution in [3.63, 3.8) is 0 Å². The number of nitrogens with zero attached hydrogens (tertiary/aromatic N) is 1. The molecule has 0 saturated heterocycles. The molecular weight excluding hydrogens is 286 g/mol. The minimum atomic E-state index is 0.00871. The molecule has 3 nitrogen and oxygen atoms in total. The Balaban J connectivity index is 1.76. The fraction of sp³-hybridized carbons (Fsp3) is 0.0588. The van der Waals surface area contributed by atoms with Crippen molar-refractivity contribution in [3.05, 3.63) is 77.0 Å². The second-order valence-corrected chi connectivity index (χ2v) is 5.09. The van der Waals surface area contributed by atoms with Gasteiger partial charge in [0.1, 0.15) is 11.5 Å². The summed E-state index contributed by atoms with van der Waals surface area (Å²) in [5.74, 6) is 0.559. The van der Waals surface area contributed by atoms with E-state index in [1.54, 1.807) is 30.3 Å². The second-order valence-electron chi connectivity index (χ2n) is 4.65. The third-order valence-electron chi connectivity index (χ3n) is 3.13. The number of carbonyl (C=O) groups excluding carboxylic acids is 1. The van der Waals surface area contributed by atoms with E-state index in [0.29, 0.717) is 22.0 Å². The fourth-order valence-electron chi connectivity index (χ4n) is 2.04. The summed E-state index contributed by atoms with van der Waals surface area (Å²) in [6.07, 6.45) is 0.199. The lowest BCUT2D eigenvalue weighted by atomic mass is 10.1. The van der Waals surface area contributed by atoms with Gasteiger partial charge >= 0.3 is 0 Å². The minimum Gasteiger partial charge on any atom is -0.360 e. The van der Waals surface area contributed by atoms with Crippen LogP contribution in [0.4, 0.5) is 0 Å². The molecule has 0 unspecified atom stereocenters. The molecule has 1 heterocycles. The van der Waals surface area contributed by atoms with Gasteiger partial charge in [-0.2, -0.15) is 0 Å². The lowest BCUT2D eigenvalue weighted by molar-refractivity contribution is 0.0984. The molecule has 1 aromatic heterocycles. The Hall–Kier alpha value is -2.39. The highest BCUT2D eigenvalue weighted by molar-refractivity contribution is 6.30. The van der Waals surface area contributed by atoms with Gasteiger partial charge in [-0.1, -0.05) is 59.2 Å². The first-order chi connectivity index (χ1) is 10.2. The van der Waals surface area contributed by atoms with Crippen LogP contribution in [0.2, 0.25) is 5.02 Å². The number of carbonyl (C=O) groups is 1. The third kappa shape index (κ3) is 3.20. The van der Waals surface area contributed by atoms with E-state index < -0.39 is 0 Å². The summed E-state index contributed by atoms with van der Waals surface area (Å²) in [6, 6.07) is 18.2. The number of halogens is 1. The fourth-order valence-corrected chi connectivity index (χ4v) is 2.16. The van der Waals surface area contributed by atoms with E-state index in [-0.39, 0.29) is 12.2 Å². The molecule has 0 atom stereocenters. The van der Waals surface area contributed by atoms with Crippen molar-refractivity contribution in [1.82, 2.24) is 5.16 Å². The highest BCUT2D eigenvalue weighted by atomic mass is 35.5. The Morgan fingerprint density at radius 3 is 2.48 bits per heavy atom. The maximum atomic E-state index is 12.1. The first kappa shape index (κ1) is 13.6. The molecule has 4 heteroatoms. The van der Waals surface area contributed by atoms with Crippen LogP contribution in [0.5, 0.6) is 0 Å². The molecule has 0 aliphatic carbocycles. The number of hydrogen-bond donors (Lipinski definition) is 0. The van der Waals surface area contributed by atoms with Crippen molar-refractivity contribution in [2.24, 2.45) is 0 Å². The number of ketones is 1. The van der Waals surface area contributed by atoms with Crippen molar-refractivity contribution in [3.8, 4) is 11.3 Å². The Labute approximate surface area is 127 Å². The van der Waals surface area contributed by atoms with Crippen molar-refractivity contribution < 1.29 is 9.32 Å². The van der Waals surface area contributed by atoms with Crippen LogP contribution in [0.3, 0.4) is 0 Å². The molecule has 104 valence electrons. The van der Waals surface area contributed by atoms with E-state index >= 15 is 0 Å². The molecular formula is C17H12ClNO2. The average Bonchev–Trinajstić information content (AvgIpc) is 2.97. The number of benzene rings is 2. The first-order valence-corrected chi connectivity index (χ1v) is 6.90. The van der Waals surface area contributed by atoms with Gasteiger partial charge in [-0.3, -0.25) is 4.79 Å². The van der Waals surface area contributed by atoms with Crippen LogP contribution < -0.4 is 0 Å². The molecule has 0 saturated carbocycles. The molecule has 0 N–H and O–H groups in total. The molecule has 0 aliphatic rings. The van der Waals surface area contributed by atoms with Crippen molar-refractivity contribution in [2.45, 2.75) is 6.42 Å². The molecule has 21 heavy (non-hydrogen) atoms. The standard InChI is InChI=1S/C17H12ClNO2/c18-14-8-6-12(7-9-14)16-10-15(21-19-16)11-17(20)13-4-2-1-3-5-13/h1-10H,11H2. The number of Topliss-reactive ketones (excluding diaryl/α,β-unsaturated/α-hetero) is 1. The summed E-state index contributed by atoms with van der Waals surface area (Å²) in [5, 5.41) is 4.66. The van der Waals surface area contributed by atoms with Gasteiger partial charge in [-0.05, 0) is 12.1 Å². The van der Waals surface area contributed by atoms with E-state index in [0.717, 1.165) is 5.56 Å². The van der Waals surface area contributed by atoms with Crippen LogP contribution in [0.1, 0.15) is 16.1 Å². The normalized spacial score (nSPS) is 10.5. The largest absolute Gasteiger partial charge is 0.360 e. The van der Waals surface area contributed by atoms with Crippen LogP contribution in [-0.4, -0.2) is 10.9 Å². The summed E-state index contributed by atoms with van der Waals surface area (Å²) < 4.78 is 5.24. The van der Waals surface area contributed by atoms with E-state index in [1.807, 2.05) is 30.3 Å². The second kappa shape index (κ2) is 5.94. The summed E-state index contributed by atoms with van der Waals surface area (Å²) >= 11 is 5.85. The minimum absolute atomic E-state index is 0.00871.